The van der Waals surface area contributed by atoms with Gasteiger partial charge in [-0.15, -0.1) is 0 Å². The molecule has 1 aromatic heterocycles. The molecule has 4 N–H and O–H groups in total. The van der Waals surface area contributed by atoms with E-state index in [4.69, 9.17) is 5.73 Å². The van der Waals surface area contributed by atoms with Crippen molar-refractivity contribution in [2.45, 2.75) is 30.7 Å². The number of pyridine rings is 1. The summed E-state index contributed by atoms with van der Waals surface area (Å²) in [6.45, 7) is 0.288. The number of aromatic hydroxyl groups is 1. The zero-order valence-corrected chi connectivity index (χ0v) is 18.1. The normalized spacial score (nSPS) is 17.0. The molecule has 0 bridgehead atoms. The average molecular weight is 468 g/mol. The summed E-state index contributed by atoms with van der Waals surface area (Å²) in [4.78, 5) is 24.8. The van der Waals surface area contributed by atoms with E-state index < -0.39 is 49.0 Å². The molecule has 0 atom stereocenters. The molecule has 1 radical (unpaired) electrons. The maximum Gasteiger partial charge on any atom is 0.264 e. The standard InChI is InChI=1S/C23H19FN3O5S/c24-13-7-8-16-14(11-13)20(28)18(23(30)27(16)10-9-12-5-6-12)19-21(22(25)29)33(31,32)17-4-2-1-3-15(17)26-19/h1,3-4,7-8,11-12,26,28H,5-6,9-10H2,(H2,25,29). The molecule has 2 aromatic carbocycles. The summed E-state index contributed by atoms with van der Waals surface area (Å²) >= 11 is 0. The van der Waals surface area contributed by atoms with Gasteiger partial charge < -0.3 is 20.7 Å². The van der Waals surface area contributed by atoms with E-state index in [0.29, 0.717) is 17.9 Å². The van der Waals surface area contributed by atoms with Crippen LogP contribution in [0.15, 0.2) is 51.0 Å². The molecular formula is C23H19FN3O5S. The van der Waals surface area contributed by atoms with Gasteiger partial charge in [-0.3, -0.25) is 9.59 Å². The second kappa shape index (κ2) is 7.45. The predicted molar refractivity (Wildman–Crippen MR) is 119 cm³/mol. The fourth-order valence-corrected chi connectivity index (χ4v) is 5.73. The highest BCUT2D eigenvalue weighted by molar-refractivity contribution is 7.96. The smallest absolute Gasteiger partial charge is 0.264 e. The Hall–Kier alpha value is -3.66. The first-order valence-corrected chi connectivity index (χ1v) is 11.8. The number of rotatable bonds is 5. The van der Waals surface area contributed by atoms with Crippen molar-refractivity contribution in [2.75, 3.05) is 5.32 Å². The number of amides is 1. The van der Waals surface area contributed by atoms with E-state index in [9.17, 15) is 27.5 Å². The minimum absolute atomic E-state index is 0.0168. The number of aromatic nitrogens is 1. The number of benzene rings is 2. The fourth-order valence-electron chi connectivity index (χ4n) is 4.19. The topological polar surface area (TPSA) is 131 Å². The Balaban J connectivity index is 1.85. The molecule has 8 nitrogen and oxygen atoms in total. The number of primary amides is 1. The Morgan fingerprint density at radius 3 is 2.76 bits per heavy atom. The van der Waals surface area contributed by atoms with Gasteiger partial charge in [0.25, 0.3) is 11.5 Å². The molecule has 0 unspecified atom stereocenters. The summed E-state index contributed by atoms with van der Waals surface area (Å²) in [6.07, 6.45) is 2.80. The molecule has 33 heavy (non-hydrogen) atoms. The maximum atomic E-state index is 14.1. The van der Waals surface area contributed by atoms with Crippen molar-refractivity contribution in [1.29, 1.82) is 0 Å². The second-order valence-electron chi connectivity index (χ2n) is 8.19. The summed E-state index contributed by atoms with van der Waals surface area (Å²) in [5.41, 5.74) is 4.22. The first kappa shape index (κ1) is 21.2. The summed E-state index contributed by atoms with van der Waals surface area (Å²) in [7, 11) is -4.42. The molecule has 2 aliphatic rings. The van der Waals surface area contributed by atoms with E-state index in [0.717, 1.165) is 18.9 Å². The molecule has 5 rings (SSSR count). The van der Waals surface area contributed by atoms with Gasteiger partial charge in [-0.1, -0.05) is 18.9 Å². The Morgan fingerprint density at radius 2 is 2.06 bits per heavy atom. The fraction of sp³-hybridized carbons (Fsp3) is 0.217. The number of hydrogen-bond donors (Lipinski definition) is 3. The molecular weight excluding hydrogens is 449 g/mol. The molecule has 1 fully saturated rings. The molecule has 3 aromatic rings. The molecule has 2 heterocycles. The van der Waals surface area contributed by atoms with Crippen LogP contribution in [0.1, 0.15) is 24.8 Å². The van der Waals surface area contributed by atoms with Gasteiger partial charge in [0.05, 0.1) is 21.8 Å². The van der Waals surface area contributed by atoms with Crippen molar-refractivity contribution in [3.8, 4) is 5.75 Å². The van der Waals surface area contributed by atoms with Crippen molar-refractivity contribution in [3.63, 3.8) is 0 Å². The quantitative estimate of drug-likeness (QED) is 0.527. The molecule has 1 aliphatic carbocycles. The van der Waals surface area contributed by atoms with Crippen LogP contribution >= 0.6 is 0 Å². The van der Waals surface area contributed by atoms with E-state index in [2.05, 4.69) is 11.4 Å². The van der Waals surface area contributed by atoms with Gasteiger partial charge >= 0.3 is 0 Å². The second-order valence-corrected chi connectivity index (χ2v) is 10.0. The van der Waals surface area contributed by atoms with Gasteiger partial charge in [-0.05, 0) is 48.7 Å². The lowest BCUT2D eigenvalue weighted by Gasteiger charge is -2.24. The number of halogens is 1. The Morgan fingerprint density at radius 1 is 1.30 bits per heavy atom. The third kappa shape index (κ3) is 3.37. The third-order valence-corrected chi connectivity index (χ3v) is 7.86. The number of nitrogens with two attached hydrogens (primary N) is 1. The summed E-state index contributed by atoms with van der Waals surface area (Å²) in [5, 5.41) is 13.8. The zero-order valence-electron chi connectivity index (χ0n) is 17.3. The van der Waals surface area contributed by atoms with Crippen LogP contribution in [-0.2, 0) is 21.2 Å². The van der Waals surface area contributed by atoms with Crippen molar-refractivity contribution >= 4 is 38.0 Å². The summed E-state index contributed by atoms with van der Waals surface area (Å²) in [5.74, 6) is -2.11. The van der Waals surface area contributed by atoms with Crippen molar-refractivity contribution < 1.29 is 22.7 Å². The van der Waals surface area contributed by atoms with Crippen LogP contribution in [0.25, 0.3) is 16.6 Å². The van der Waals surface area contributed by atoms with Crippen LogP contribution < -0.4 is 16.6 Å². The summed E-state index contributed by atoms with van der Waals surface area (Å²) < 4.78 is 41.9. The number of carbonyl (C=O) groups excluding carboxylic acids is 1. The van der Waals surface area contributed by atoms with Crippen LogP contribution in [0.2, 0.25) is 0 Å². The number of sulfone groups is 1. The van der Waals surface area contributed by atoms with Crippen molar-refractivity contribution in [1.82, 2.24) is 4.57 Å². The lowest BCUT2D eigenvalue weighted by molar-refractivity contribution is -0.113. The highest BCUT2D eigenvalue weighted by atomic mass is 32.2. The van der Waals surface area contributed by atoms with Gasteiger partial charge in [0.1, 0.15) is 17.1 Å². The van der Waals surface area contributed by atoms with Crippen molar-refractivity contribution in [3.05, 3.63) is 69.1 Å². The van der Waals surface area contributed by atoms with E-state index in [1.54, 1.807) is 0 Å². The Kier molecular flexibility index (Phi) is 4.78. The van der Waals surface area contributed by atoms with E-state index >= 15 is 0 Å². The molecule has 0 saturated heterocycles. The van der Waals surface area contributed by atoms with E-state index in [-0.39, 0.29) is 22.5 Å². The lowest BCUT2D eigenvalue weighted by atomic mass is 10.1. The molecule has 1 aliphatic heterocycles. The van der Waals surface area contributed by atoms with Crippen LogP contribution in [-0.4, -0.2) is 24.0 Å². The SMILES string of the molecule is NC(=O)C1=C(c2c(O)c3cc(F)ccc3n(CCC3CC3)c2=O)Nc2cc[c]cc2S1(=O)=O. The predicted octanol–water partition coefficient (Wildman–Crippen LogP) is 2.50. The van der Waals surface area contributed by atoms with Crippen LogP contribution in [0.3, 0.4) is 0 Å². The monoisotopic (exact) mass is 468 g/mol. The number of nitrogens with zero attached hydrogens (tertiary/aromatic N) is 1. The third-order valence-electron chi connectivity index (χ3n) is 6.00. The van der Waals surface area contributed by atoms with E-state index in [1.807, 2.05) is 0 Å². The highest BCUT2D eigenvalue weighted by Gasteiger charge is 2.38. The number of carbonyl (C=O) groups is 1. The number of aryl methyl sites for hydroxylation is 1. The molecule has 1 saturated carbocycles. The highest BCUT2D eigenvalue weighted by Crippen LogP contribution is 2.41. The number of anilines is 1. The molecule has 10 heteroatoms. The van der Waals surface area contributed by atoms with Crippen LogP contribution in [0.5, 0.6) is 5.75 Å². The van der Waals surface area contributed by atoms with E-state index in [1.165, 1.54) is 34.9 Å². The molecule has 1 amide bonds. The first-order valence-electron chi connectivity index (χ1n) is 10.3. The van der Waals surface area contributed by atoms with Crippen molar-refractivity contribution in [2.24, 2.45) is 11.7 Å². The van der Waals surface area contributed by atoms with Gasteiger partial charge in [-0.25, -0.2) is 12.8 Å². The largest absolute Gasteiger partial charge is 0.506 e. The van der Waals surface area contributed by atoms with Crippen LogP contribution in [0, 0.1) is 17.8 Å². The maximum absolute atomic E-state index is 14.1. The van der Waals surface area contributed by atoms with Gasteiger partial charge in [-0.2, -0.15) is 0 Å². The summed E-state index contributed by atoms with van der Waals surface area (Å²) in [6, 6.07) is 10.3. The Bertz CT molecular complexity index is 1540. The van der Waals surface area contributed by atoms with Gasteiger partial charge in [0.2, 0.25) is 9.84 Å². The number of fused-ring (bicyclic) bond motifs is 2. The lowest BCUT2D eigenvalue weighted by Crippen LogP contribution is -2.32. The Labute approximate surface area is 188 Å². The van der Waals surface area contributed by atoms with Gasteiger partial charge in [0.15, 0.2) is 4.91 Å². The molecule has 169 valence electrons. The molecule has 0 spiro atoms. The average Bonchev–Trinajstić information content (AvgIpc) is 3.58. The minimum Gasteiger partial charge on any atom is -0.506 e. The minimum atomic E-state index is -4.42. The zero-order chi connectivity index (χ0) is 23.5. The van der Waals surface area contributed by atoms with Crippen LogP contribution in [0.4, 0.5) is 10.1 Å². The first-order chi connectivity index (χ1) is 15.7. The number of nitrogens with one attached hydrogen (secondary N) is 1. The van der Waals surface area contributed by atoms with Gasteiger partial charge in [0, 0.05) is 11.9 Å². The number of hydrogen-bond acceptors (Lipinski definition) is 6.